The normalized spacial score (nSPS) is 23.4. The van der Waals surface area contributed by atoms with Crippen molar-refractivity contribution in [3.8, 4) is 0 Å². The second-order valence-electron chi connectivity index (χ2n) is 5.90. The summed E-state index contributed by atoms with van der Waals surface area (Å²) >= 11 is 0. The van der Waals surface area contributed by atoms with E-state index < -0.39 is 18.2 Å². The molecule has 0 radical (unpaired) electrons. The van der Waals surface area contributed by atoms with Crippen molar-refractivity contribution < 1.29 is 28.6 Å². The van der Waals surface area contributed by atoms with Gasteiger partial charge in [0.05, 0.1) is 13.2 Å². The molecule has 136 valence electrons. The molecule has 2 amide bonds. The number of esters is 1. The van der Waals surface area contributed by atoms with E-state index in [4.69, 9.17) is 14.2 Å². The number of hydrogen-bond donors (Lipinski definition) is 0. The average molecular weight is 342 g/mol. The minimum absolute atomic E-state index is 0.155. The van der Waals surface area contributed by atoms with Crippen LogP contribution in [0.5, 0.6) is 0 Å². The van der Waals surface area contributed by atoms with E-state index in [9.17, 15) is 14.4 Å². The Hall–Kier alpha value is -1.83. The Morgan fingerprint density at radius 1 is 0.958 bits per heavy atom. The van der Waals surface area contributed by atoms with Gasteiger partial charge in [0.25, 0.3) is 0 Å². The van der Waals surface area contributed by atoms with Gasteiger partial charge >= 0.3 is 12.1 Å². The molecule has 2 saturated heterocycles. The van der Waals surface area contributed by atoms with E-state index in [2.05, 4.69) is 0 Å². The lowest BCUT2D eigenvalue weighted by atomic mass is 10.1. The standard InChI is InChI=1S/C16H26N2O6/c1-3-23-15(20)13-7-5-8-17(13)14(19)12-6-4-9-18(12)16(21)24-11-10-22-2/h12-13H,3-11H2,1-2H3. The fraction of sp³-hybridized carbons (Fsp3) is 0.812. The molecule has 0 aromatic heterocycles. The van der Waals surface area contributed by atoms with Crippen LogP contribution in [0.4, 0.5) is 4.79 Å². The lowest BCUT2D eigenvalue weighted by Gasteiger charge is -2.30. The number of ether oxygens (including phenoxy) is 3. The van der Waals surface area contributed by atoms with Crippen LogP contribution in [0.15, 0.2) is 0 Å². The second-order valence-corrected chi connectivity index (χ2v) is 5.90. The number of likely N-dealkylation sites (tertiary alicyclic amines) is 2. The van der Waals surface area contributed by atoms with Gasteiger partial charge in [0, 0.05) is 20.2 Å². The van der Waals surface area contributed by atoms with Crippen LogP contribution < -0.4 is 0 Å². The Kier molecular flexibility index (Phi) is 6.84. The molecule has 0 aromatic carbocycles. The number of hydrogen-bond acceptors (Lipinski definition) is 6. The van der Waals surface area contributed by atoms with Gasteiger partial charge in [0.15, 0.2) is 0 Å². The van der Waals surface area contributed by atoms with Gasteiger partial charge in [0.2, 0.25) is 5.91 Å². The minimum Gasteiger partial charge on any atom is -0.464 e. The first-order chi connectivity index (χ1) is 11.6. The van der Waals surface area contributed by atoms with E-state index in [0.29, 0.717) is 39.1 Å². The molecular formula is C16H26N2O6. The highest BCUT2D eigenvalue weighted by Gasteiger charge is 2.43. The molecule has 0 N–H and O–H groups in total. The number of methoxy groups -OCH3 is 1. The molecule has 2 atom stereocenters. The van der Waals surface area contributed by atoms with Crippen LogP contribution in [-0.2, 0) is 23.8 Å². The Morgan fingerprint density at radius 3 is 2.29 bits per heavy atom. The van der Waals surface area contributed by atoms with Crippen molar-refractivity contribution in [2.75, 3.05) is 40.0 Å². The summed E-state index contributed by atoms with van der Waals surface area (Å²) in [5.74, 6) is -0.553. The predicted octanol–water partition coefficient (Wildman–Crippen LogP) is 0.788. The van der Waals surface area contributed by atoms with Gasteiger partial charge in [-0.15, -0.1) is 0 Å². The SMILES string of the molecule is CCOC(=O)C1CCCN1C(=O)C1CCCN1C(=O)OCCOC. The monoisotopic (exact) mass is 342 g/mol. The van der Waals surface area contributed by atoms with E-state index in [1.165, 1.54) is 12.0 Å². The predicted molar refractivity (Wildman–Crippen MR) is 84.3 cm³/mol. The highest BCUT2D eigenvalue weighted by Crippen LogP contribution is 2.25. The molecule has 0 saturated carbocycles. The molecule has 0 spiro atoms. The summed E-state index contributed by atoms with van der Waals surface area (Å²) in [5, 5.41) is 0. The molecule has 2 rings (SSSR count). The van der Waals surface area contributed by atoms with Gasteiger partial charge in [-0.3, -0.25) is 9.69 Å². The van der Waals surface area contributed by atoms with Crippen molar-refractivity contribution in [1.82, 2.24) is 9.80 Å². The third-order valence-electron chi connectivity index (χ3n) is 4.38. The van der Waals surface area contributed by atoms with Crippen LogP contribution in [-0.4, -0.2) is 79.9 Å². The first kappa shape index (κ1) is 18.5. The topological polar surface area (TPSA) is 85.4 Å². The maximum Gasteiger partial charge on any atom is 0.410 e. The summed E-state index contributed by atoms with van der Waals surface area (Å²) < 4.78 is 15.0. The third-order valence-corrected chi connectivity index (χ3v) is 4.38. The highest BCUT2D eigenvalue weighted by atomic mass is 16.6. The van der Waals surface area contributed by atoms with Gasteiger partial charge < -0.3 is 19.1 Å². The van der Waals surface area contributed by atoms with Crippen molar-refractivity contribution in [2.24, 2.45) is 0 Å². The van der Waals surface area contributed by atoms with E-state index in [-0.39, 0.29) is 18.5 Å². The fourth-order valence-corrected chi connectivity index (χ4v) is 3.24. The molecule has 2 heterocycles. The summed E-state index contributed by atoms with van der Waals surface area (Å²) in [7, 11) is 1.53. The Balaban J connectivity index is 1.99. The molecule has 8 nitrogen and oxygen atoms in total. The van der Waals surface area contributed by atoms with Crippen LogP contribution in [0.3, 0.4) is 0 Å². The van der Waals surface area contributed by atoms with Gasteiger partial charge in [-0.25, -0.2) is 9.59 Å². The van der Waals surface area contributed by atoms with Gasteiger partial charge in [0.1, 0.15) is 18.7 Å². The van der Waals surface area contributed by atoms with Crippen LogP contribution in [0.25, 0.3) is 0 Å². The maximum absolute atomic E-state index is 12.9. The summed E-state index contributed by atoms with van der Waals surface area (Å²) in [6, 6.07) is -1.10. The van der Waals surface area contributed by atoms with Crippen LogP contribution in [0, 0.1) is 0 Å². The zero-order valence-electron chi connectivity index (χ0n) is 14.4. The van der Waals surface area contributed by atoms with Crippen molar-refractivity contribution in [2.45, 2.75) is 44.7 Å². The third kappa shape index (κ3) is 4.17. The summed E-state index contributed by atoms with van der Waals surface area (Å²) in [6.07, 6.45) is 2.20. The van der Waals surface area contributed by atoms with Crippen LogP contribution >= 0.6 is 0 Å². The van der Waals surface area contributed by atoms with E-state index in [0.717, 1.165) is 12.8 Å². The first-order valence-electron chi connectivity index (χ1n) is 8.49. The number of carbonyl (C=O) groups is 3. The zero-order chi connectivity index (χ0) is 17.5. The molecule has 24 heavy (non-hydrogen) atoms. The van der Waals surface area contributed by atoms with Crippen molar-refractivity contribution >= 4 is 18.0 Å². The molecular weight excluding hydrogens is 316 g/mol. The number of amides is 2. The quantitative estimate of drug-likeness (QED) is 0.524. The van der Waals surface area contributed by atoms with Crippen molar-refractivity contribution in [3.63, 3.8) is 0 Å². The lowest BCUT2D eigenvalue weighted by Crippen LogP contribution is -2.51. The largest absolute Gasteiger partial charge is 0.464 e. The molecule has 2 fully saturated rings. The molecule has 8 heteroatoms. The summed E-state index contributed by atoms with van der Waals surface area (Å²) in [6.45, 7) is 3.51. The second kappa shape index (κ2) is 8.86. The van der Waals surface area contributed by atoms with Crippen molar-refractivity contribution in [3.05, 3.63) is 0 Å². The van der Waals surface area contributed by atoms with E-state index >= 15 is 0 Å². The average Bonchev–Trinajstić information content (AvgIpc) is 3.24. The van der Waals surface area contributed by atoms with Gasteiger partial charge in [-0.2, -0.15) is 0 Å². The van der Waals surface area contributed by atoms with Gasteiger partial charge in [-0.1, -0.05) is 0 Å². The molecule has 2 aliphatic heterocycles. The van der Waals surface area contributed by atoms with Crippen LogP contribution in [0.2, 0.25) is 0 Å². The van der Waals surface area contributed by atoms with E-state index in [1.54, 1.807) is 11.8 Å². The fourth-order valence-electron chi connectivity index (χ4n) is 3.24. The highest BCUT2D eigenvalue weighted by molar-refractivity contribution is 5.90. The smallest absolute Gasteiger partial charge is 0.410 e. The van der Waals surface area contributed by atoms with Crippen molar-refractivity contribution in [1.29, 1.82) is 0 Å². The Morgan fingerprint density at radius 2 is 1.62 bits per heavy atom. The number of carbonyl (C=O) groups excluding carboxylic acids is 3. The maximum atomic E-state index is 12.9. The Bertz CT molecular complexity index is 469. The van der Waals surface area contributed by atoms with Gasteiger partial charge in [-0.05, 0) is 32.6 Å². The van der Waals surface area contributed by atoms with E-state index in [1.807, 2.05) is 0 Å². The zero-order valence-corrected chi connectivity index (χ0v) is 14.4. The number of rotatable bonds is 6. The minimum atomic E-state index is -0.560. The summed E-state index contributed by atoms with van der Waals surface area (Å²) in [4.78, 5) is 40.1. The first-order valence-corrected chi connectivity index (χ1v) is 8.49. The molecule has 2 unspecified atom stereocenters. The Labute approximate surface area is 142 Å². The summed E-state index contributed by atoms with van der Waals surface area (Å²) in [5.41, 5.74) is 0. The van der Waals surface area contributed by atoms with Crippen LogP contribution in [0.1, 0.15) is 32.6 Å². The molecule has 0 aliphatic carbocycles. The molecule has 0 aromatic rings. The lowest BCUT2D eigenvalue weighted by molar-refractivity contribution is -0.154. The number of nitrogens with zero attached hydrogens (tertiary/aromatic N) is 2. The molecule has 2 aliphatic rings. The molecule has 0 bridgehead atoms.